The first kappa shape index (κ1) is 13.1. The van der Waals surface area contributed by atoms with Gasteiger partial charge in [0.25, 0.3) is 0 Å². The minimum atomic E-state index is -0.915. The molecule has 4 nitrogen and oxygen atoms in total. The fraction of sp³-hybridized carbons (Fsp3) is 0.333. The molecule has 104 valence electrons. The highest BCUT2D eigenvalue weighted by molar-refractivity contribution is 7.10. The lowest BCUT2D eigenvalue weighted by Gasteiger charge is -2.13. The highest BCUT2D eigenvalue weighted by Crippen LogP contribution is 2.24. The van der Waals surface area contributed by atoms with Crippen molar-refractivity contribution in [2.24, 2.45) is 0 Å². The van der Waals surface area contributed by atoms with Crippen LogP contribution in [0.25, 0.3) is 6.08 Å². The highest BCUT2D eigenvalue weighted by atomic mass is 32.1. The number of hydrogen-bond acceptors (Lipinski definition) is 3. The molecule has 0 aliphatic heterocycles. The summed E-state index contributed by atoms with van der Waals surface area (Å²) in [6, 6.07) is 1.96. The number of imidazole rings is 1. The van der Waals surface area contributed by atoms with Gasteiger partial charge in [0, 0.05) is 16.6 Å². The van der Waals surface area contributed by atoms with Crippen LogP contribution < -0.4 is 0 Å². The van der Waals surface area contributed by atoms with Crippen molar-refractivity contribution in [2.45, 2.75) is 32.2 Å². The van der Waals surface area contributed by atoms with Crippen LogP contribution in [-0.2, 0) is 24.2 Å². The van der Waals surface area contributed by atoms with Gasteiger partial charge in [0.1, 0.15) is 0 Å². The lowest BCUT2D eigenvalue weighted by Crippen LogP contribution is -2.08. The molecule has 0 radical (unpaired) electrons. The number of thiophene rings is 1. The summed E-state index contributed by atoms with van der Waals surface area (Å²) in [4.78, 5) is 16.3. The van der Waals surface area contributed by atoms with E-state index in [1.165, 1.54) is 35.2 Å². The molecule has 0 spiro atoms. The minimum absolute atomic E-state index is 0.777. The Kier molecular flexibility index (Phi) is 3.69. The molecule has 0 saturated heterocycles. The van der Waals surface area contributed by atoms with Gasteiger partial charge >= 0.3 is 5.97 Å². The molecular formula is C15H16N2O2S. The van der Waals surface area contributed by atoms with E-state index < -0.39 is 5.97 Å². The number of hydrogen-bond donors (Lipinski definition) is 1. The van der Waals surface area contributed by atoms with E-state index in [4.69, 9.17) is 5.11 Å². The minimum Gasteiger partial charge on any atom is -0.478 e. The van der Waals surface area contributed by atoms with Crippen molar-refractivity contribution in [3.05, 3.63) is 45.7 Å². The average molecular weight is 288 g/mol. The fourth-order valence-electron chi connectivity index (χ4n) is 2.61. The second-order valence-corrected chi connectivity index (χ2v) is 5.94. The van der Waals surface area contributed by atoms with Gasteiger partial charge in [-0.2, -0.15) is 0 Å². The average Bonchev–Trinajstić information content (AvgIpc) is 3.05. The van der Waals surface area contributed by atoms with Crippen LogP contribution in [-0.4, -0.2) is 20.6 Å². The summed E-state index contributed by atoms with van der Waals surface area (Å²) in [7, 11) is 0. The van der Waals surface area contributed by atoms with E-state index in [2.05, 4.69) is 9.55 Å². The summed E-state index contributed by atoms with van der Waals surface area (Å²) in [6.45, 7) is 0.777. The number of carbonyl (C=O) groups is 1. The third-order valence-corrected chi connectivity index (χ3v) is 4.53. The van der Waals surface area contributed by atoms with Crippen molar-refractivity contribution in [2.75, 3.05) is 0 Å². The first-order valence-electron chi connectivity index (χ1n) is 6.74. The van der Waals surface area contributed by atoms with Crippen LogP contribution in [0.1, 0.15) is 34.7 Å². The molecule has 0 unspecified atom stereocenters. The van der Waals surface area contributed by atoms with Gasteiger partial charge < -0.3 is 9.67 Å². The maximum atomic E-state index is 10.6. The molecule has 1 aliphatic carbocycles. The number of nitrogens with zero attached hydrogens (tertiary/aromatic N) is 2. The van der Waals surface area contributed by atoms with E-state index in [1.807, 2.05) is 17.8 Å². The number of aromatic nitrogens is 2. The van der Waals surface area contributed by atoms with Crippen LogP contribution in [0, 0.1) is 0 Å². The quantitative estimate of drug-likeness (QED) is 0.880. The molecule has 3 rings (SSSR count). The van der Waals surface area contributed by atoms with Gasteiger partial charge in [0.15, 0.2) is 0 Å². The van der Waals surface area contributed by atoms with Crippen molar-refractivity contribution in [3.63, 3.8) is 0 Å². The number of rotatable bonds is 4. The second kappa shape index (κ2) is 5.63. The van der Waals surface area contributed by atoms with Gasteiger partial charge in [0.2, 0.25) is 0 Å². The Morgan fingerprint density at radius 1 is 1.45 bits per heavy atom. The molecule has 0 bridgehead atoms. The largest absolute Gasteiger partial charge is 0.478 e. The zero-order chi connectivity index (χ0) is 13.9. The van der Waals surface area contributed by atoms with Crippen LogP contribution in [0.2, 0.25) is 0 Å². The molecule has 5 heteroatoms. The first-order chi connectivity index (χ1) is 9.74. The number of carboxylic acid groups (broad SMARTS) is 1. The topological polar surface area (TPSA) is 55.1 Å². The van der Waals surface area contributed by atoms with Crippen molar-refractivity contribution in [1.82, 2.24) is 9.55 Å². The van der Waals surface area contributed by atoms with Gasteiger partial charge in [-0.15, -0.1) is 11.3 Å². The van der Waals surface area contributed by atoms with E-state index in [0.29, 0.717) is 0 Å². The Bertz CT molecular complexity index is 655. The Morgan fingerprint density at radius 3 is 3.15 bits per heavy atom. The van der Waals surface area contributed by atoms with E-state index in [-0.39, 0.29) is 0 Å². The van der Waals surface area contributed by atoms with Gasteiger partial charge in [0.05, 0.1) is 18.6 Å². The summed E-state index contributed by atoms with van der Waals surface area (Å²) in [5.41, 5.74) is 3.56. The molecule has 0 aromatic carbocycles. The molecule has 0 amide bonds. The fourth-order valence-corrected chi connectivity index (χ4v) is 3.48. The molecular weight excluding hydrogens is 272 g/mol. The van der Waals surface area contributed by atoms with Crippen LogP contribution in [0.4, 0.5) is 0 Å². The molecule has 0 saturated carbocycles. The van der Waals surface area contributed by atoms with Crippen LogP contribution in [0.3, 0.4) is 0 Å². The van der Waals surface area contributed by atoms with Gasteiger partial charge in [-0.05, 0) is 48.8 Å². The van der Waals surface area contributed by atoms with Gasteiger partial charge in [-0.25, -0.2) is 9.78 Å². The molecule has 2 aromatic rings. The van der Waals surface area contributed by atoms with Crippen LogP contribution in [0.5, 0.6) is 0 Å². The Balaban J connectivity index is 1.83. The summed E-state index contributed by atoms with van der Waals surface area (Å²) >= 11 is 1.66. The molecule has 20 heavy (non-hydrogen) atoms. The monoisotopic (exact) mass is 288 g/mol. The lowest BCUT2D eigenvalue weighted by atomic mass is 10.0. The van der Waals surface area contributed by atoms with Crippen molar-refractivity contribution < 1.29 is 9.90 Å². The Labute approximate surface area is 121 Å². The lowest BCUT2D eigenvalue weighted by molar-refractivity contribution is -0.131. The first-order valence-corrected chi connectivity index (χ1v) is 7.62. The summed E-state index contributed by atoms with van der Waals surface area (Å²) in [5.74, 6) is -0.915. The zero-order valence-corrected chi connectivity index (χ0v) is 11.9. The van der Waals surface area contributed by atoms with Crippen LogP contribution >= 0.6 is 11.3 Å². The third kappa shape index (κ3) is 2.67. The predicted octanol–water partition coefficient (Wildman–Crippen LogP) is 2.97. The van der Waals surface area contributed by atoms with Gasteiger partial charge in [-0.1, -0.05) is 0 Å². The number of fused-ring (bicyclic) bond motifs is 1. The standard InChI is InChI=1S/C15H16N2O2S/c18-15(19)6-5-11-7-8-20-14(11)9-17-10-16-12-3-1-2-4-13(12)17/h5-8,10H,1-4,9H2,(H,18,19)/b6-5+. The Morgan fingerprint density at radius 2 is 2.30 bits per heavy atom. The number of aliphatic carboxylic acids is 1. The molecule has 0 fully saturated rings. The normalized spacial score (nSPS) is 14.6. The van der Waals surface area contributed by atoms with Crippen molar-refractivity contribution >= 4 is 23.4 Å². The summed E-state index contributed by atoms with van der Waals surface area (Å²) < 4.78 is 2.21. The van der Waals surface area contributed by atoms with E-state index in [1.54, 1.807) is 17.4 Å². The van der Waals surface area contributed by atoms with Crippen molar-refractivity contribution in [1.29, 1.82) is 0 Å². The molecule has 2 aromatic heterocycles. The maximum Gasteiger partial charge on any atom is 0.328 e. The van der Waals surface area contributed by atoms with E-state index in [9.17, 15) is 4.79 Å². The summed E-state index contributed by atoms with van der Waals surface area (Å²) in [6.07, 6.45) is 9.41. The molecule has 1 N–H and O–H groups in total. The smallest absolute Gasteiger partial charge is 0.328 e. The van der Waals surface area contributed by atoms with Gasteiger partial charge in [-0.3, -0.25) is 0 Å². The predicted molar refractivity (Wildman–Crippen MR) is 79.0 cm³/mol. The SMILES string of the molecule is O=C(O)/C=C/c1ccsc1Cn1cnc2c1CCCC2. The zero-order valence-electron chi connectivity index (χ0n) is 11.1. The Hall–Kier alpha value is -1.88. The second-order valence-electron chi connectivity index (χ2n) is 4.94. The van der Waals surface area contributed by atoms with E-state index >= 15 is 0 Å². The molecule has 0 atom stereocenters. The van der Waals surface area contributed by atoms with Crippen molar-refractivity contribution in [3.8, 4) is 0 Å². The number of aryl methyl sites for hydroxylation is 1. The molecule has 2 heterocycles. The maximum absolute atomic E-state index is 10.6. The highest BCUT2D eigenvalue weighted by Gasteiger charge is 2.16. The van der Waals surface area contributed by atoms with E-state index in [0.717, 1.165) is 24.9 Å². The third-order valence-electron chi connectivity index (χ3n) is 3.61. The number of carboxylic acids is 1. The van der Waals surface area contributed by atoms with Crippen LogP contribution in [0.15, 0.2) is 23.8 Å². The molecule has 1 aliphatic rings. The summed E-state index contributed by atoms with van der Waals surface area (Å²) in [5, 5.41) is 10.7.